The highest BCUT2D eigenvalue weighted by molar-refractivity contribution is 9.10. The minimum Gasteiger partial charge on any atom is -0.302 e. The van der Waals surface area contributed by atoms with Crippen LogP contribution in [0.2, 0.25) is 0 Å². The molecule has 2 aromatic rings. The number of nitrogens with zero attached hydrogens (tertiary/aromatic N) is 3. The molecule has 0 aromatic carbocycles. The third-order valence-electron chi connectivity index (χ3n) is 3.37. The Balaban J connectivity index is 1.80. The Bertz CT molecular complexity index is 697. The van der Waals surface area contributed by atoms with Gasteiger partial charge in [0.1, 0.15) is 5.65 Å². The molecule has 0 aliphatic carbocycles. The number of halogens is 1. The lowest BCUT2D eigenvalue weighted by Crippen LogP contribution is -2.39. The smallest absolute Gasteiger partial charge is 0.152 e. The van der Waals surface area contributed by atoms with E-state index in [1.165, 1.54) is 0 Å². The zero-order valence-electron chi connectivity index (χ0n) is 10.3. The number of rotatable bonds is 2. The van der Waals surface area contributed by atoms with Crippen molar-refractivity contribution in [3.8, 4) is 0 Å². The van der Waals surface area contributed by atoms with Crippen LogP contribution >= 0.6 is 15.9 Å². The normalized spacial score (nSPS) is 19.8. The van der Waals surface area contributed by atoms with Gasteiger partial charge in [0.05, 0.1) is 23.4 Å². The van der Waals surface area contributed by atoms with Crippen LogP contribution in [-0.2, 0) is 16.4 Å². The van der Waals surface area contributed by atoms with Gasteiger partial charge < -0.3 is 4.40 Å². The number of fused-ring (bicyclic) bond motifs is 1. The molecule has 2 aromatic heterocycles. The van der Waals surface area contributed by atoms with Gasteiger partial charge in [-0.15, -0.1) is 0 Å². The fraction of sp³-hybridized carbons (Fsp3) is 0.417. The number of aromatic nitrogens is 2. The molecule has 1 fully saturated rings. The van der Waals surface area contributed by atoms with Gasteiger partial charge in [0, 0.05) is 30.3 Å². The second kappa shape index (κ2) is 4.88. The van der Waals surface area contributed by atoms with Gasteiger partial charge in [0.25, 0.3) is 0 Å². The van der Waals surface area contributed by atoms with E-state index >= 15 is 0 Å². The first-order valence-corrected chi connectivity index (χ1v) is 8.69. The predicted octanol–water partition coefficient (Wildman–Crippen LogP) is 1.33. The largest absolute Gasteiger partial charge is 0.302 e. The summed E-state index contributed by atoms with van der Waals surface area (Å²) in [6.07, 6.45) is 3.84. The van der Waals surface area contributed by atoms with Crippen LogP contribution in [-0.4, -0.2) is 47.3 Å². The van der Waals surface area contributed by atoms with Gasteiger partial charge >= 0.3 is 0 Å². The van der Waals surface area contributed by atoms with Crippen molar-refractivity contribution in [2.45, 2.75) is 6.54 Å². The summed E-state index contributed by atoms with van der Waals surface area (Å²) in [5, 5.41) is 0. The maximum atomic E-state index is 11.4. The number of imidazole rings is 1. The second-order valence-electron chi connectivity index (χ2n) is 4.75. The van der Waals surface area contributed by atoms with Crippen molar-refractivity contribution in [2.24, 2.45) is 0 Å². The van der Waals surface area contributed by atoms with Crippen LogP contribution in [0.15, 0.2) is 29.0 Å². The Kier molecular flexibility index (Phi) is 3.36. The SMILES string of the molecule is O=S1(=O)CCN(Cc2cnc3ccc(Br)cn23)CC1. The van der Waals surface area contributed by atoms with Crippen molar-refractivity contribution in [1.82, 2.24) is 14.3 Å². The first-order chi connectivity index (χ1) is 9.03. The van der Waals surface area contributed by atoms with E-state index in [1.54, 1.807) is 0 Å². The maximum absolute atomic E-state index is 11.4. The van der Waals surface area contributed by atoms with Gasteiger partial charge in [-0.3, -0.25) is 4.90 Å². The molecule has 0 atom stereocenters. The van der Waals surface area contributed by atoms with Crippen LogP contribution in [0.4, 0.5) is 0 Å². The van der Waals surface area contributed by atoms with Crippen LogP contribution in [0.1, 0.15) is 5.69 Å². The number of sulfone groups is 1. The van der Waals surface area contributed by atoms with Crippen LogP contribution < -0.4 is 0 Å². The fourth-order valence-electron chi connectivity index (χ4n) is 2.26. The molecular weight excluding hydrogens is 330 g/mol. The molecule has 0 N–H and O–H groups in total. The molecule has 0 saturated carbocycles. The van der Waals surface area contributed by atoms with Gasteiger partial charge in [0.2, 0.25) is 0 Å². The zero-order valence-corrected chi connectivity index (χ0v) is 12.7. The molecule has 7 heteroatoms. The van der Waals surface area contributed by atoms with E-state index in [2.05, 4.69) is 25.8 Å². The number of hydrogen-bond acceptors (Lipinski definition) is 4. The highest BCUT2D eigenvalue weighted by Gasteiger charge is 2.22. The van der Waals surface area contributed by atoms with Crippen molar-refractivity contribution in [3.63, 3.8) is 0 Å². The van der Waals surface area contributed by atoms with Crippen molar-refractivity contribution in [1.29, 1.82) is 0 Å². The van der Waals surface area contributed by atoms with Crippen molar-refractivity contribution >= 4 is 31.4 Å². The molecule has 0 amide bonds. The summed E-state index contributed by atoms with van der Waals surface area (Å²) in [6.45, 7) is 1.93. The lowest BCUT2D eigenvalue weighted by molar-refractivity contribution is 0.283. The lowest BCUT2D eigenvalue weighted by Gasteiger charge is -2.26. The Labute approximate surface area is 120 Å². The van der Waals surface area contributed by atoms with Gasteiger partial charge in [-0.2, -0.15) is 0 Å². The van der Waals surface area contributed by atoms with Crippen molar-refractivity contribution in [3.05, 3.63) is 34.7 Å². The molecule has 0 spiro atoms. The van der Waals surface area contributed by atoms with Crippen molar-refractivity contribution < 1.29 is 8.42 Å². The third-order valence-corrected chi connectivity index (χ3v) is 5.45. The summed E-state index contributed by atoms with van der Waals surface area (Å²) < 4.78 is 25.8. The maximum Gasteiger partial charge on any atom is 0.152 e. The zero-order chi connectivity index (χ0) is 13.5. The van der Waals surface area contributed by atoms with Crippen LogP contribution in [0.5, 0.6) is 0 Å². The summed E-state index contributed by atoms with van der Waals surface area (Å²) in [4.78, 5) is 6.51. The lowest BCUT2D eigenvalue weighted by atomic mass is 10.4. The van der Waals surface area contributed by atoms with Crippen LogP contribution in [0.3, 0.4) is 0 Å². The molecule has 102 valence electrons. The molecule has 0 radical (unpaired) electrons. The number of hydrogen-bond donors (Lipinski definition) is 0. The van der Waals surface area contributed by atoms with E-state index in [0.29, 0.717) is 13.1 Å². The molecule has 5 nitrogen and oxygen atoms in total. The summed E-state index contributed by atoms with van der Waals surface area (Å²) >= 11 is 3.45. The Morgan fingerprint density at radius 3 is 2.74 bits per heavy atom. The second-order valence-corrected chi connectivity index (χ2v) is 7.97. The Morgan fingerprint density at radius 2 is 2.00 bits per heavy atom. The molecular formula is C12H14BrN3O2S. The van der Waals surface area contributed by atoms with E-state index in [9.17, 15) is 8.42 Å². The van der Waals surface area contributed by atoms with Gasteiger partial charge in [-0.25, -0.2) is 13.4 Å². The van der Waals surface area contributed by atoms with Gasteiger partial charge in [-0.05, 0) is 28.1 Å². The average Bonchev–Trinajstić information content (AvgIpc) is 2.75. The van der Waals surface area contributed by atoms with Crippen molar-refractivity contribution in [2.75, 3.05) is 24.6 Å². The van der Waals surface area contributed by atoms with E-state index in [1.807, 2.05) is 28.9 Å². The quantitative estimate of drug-likeness (QED) is 0.825. The fourth-order valence-corrected chi connectivity index (χ4v) is 3.87. The molecule has 0 bridgehead atoms. The minimum atomic E-state index is -2.82. The number of pyridine rings is 1. The molecule has 1 saturated heterocycles. The molecule has 1 aliphatic heterocycles. The molecule has 3 rings (SSSR count). The molecule has 3 heterocycles. The Hall–Kier alpha value is -0.920. The molecule has 19 heavy (non-hydrogen) atoms. The summed E-state index contributed by atoms with van der Waals surface area (Å²) in [6, 6.07) is 3.91. The first-order valence-electron chi connectivity index (χ1n) is 6.08. The summed E-state index contributed by atoms with van der Waals surface area (Å²) in [5.41, 5.74) is 1.98. The Morgan fingerprint density at radius 1 is 1.26 bits per heavy atom. The summed E-state index contributed by atoms with van der Waals surface area (Å²) in [7, 11) is -2.82. The standard InChI is InChI=1S/C12H14BrN3O2S/c13-10-1-2-12-14-7-11(16(12)8-10)9-15-3-5-19(17,18)6-4-15/h1-2,7-8H,3-6,9H2. The highest BCUT2D eigenvalue weighted by Crippen LogP contribution is 2.16. The highest BCUT2D eigenvalue weighted by atomic mass is 79.9. The minimum absolute atomic E-state index is 0.257. The van der Waals surface area contributed by atoms with E-state index in [-0.39, 0.29) is 11.5 Å². The van der Waals surface area contributed by atoms with Gasteiger partial charge in [-0.1, -0.05) is 0 Å². The van der Waals surface area contributed by atoms with Crippen LogP contribution in [0, 0.1) is 0 Å². The van der Waals surface area contributed by atoms with Gasteiger partial charge in [0.15, 0.2) is 9.84 Å². The topological polar surface area (TPSA) is 54.7 Å². The predicted molar refractivity (Wildman–Crippen MR) is 76.8 cm³/mol. The van der Waals surface area contributed by atoms with E-state index in [4.69, 9.17) is 0 Å². The van der Waals surface area contributed by atoms with E-state index < -0.39 is 9.84 Å². The van der Waals surface area contributed by atoms with Crippen LogP contribution in [0.25, 0.3) is 5.65 Å². The average molecular weight is 344 g/mol. The molecule has 0 unspecified atom stereocenters. The third kappa shape index (κ3) is 2.82. The monoisotopic (exact) mass is 343 g/mol. The summed E-state index contributed by atoms with van der Waals surface area (Å²) in [5.74, 6) is 0.515. The first kappa shape index (κ1) is 13.1. The molecule has 1 aliphatic rings. The van der Waals surface area contributed by atoms with E-state index in [0.717, 1.165) is 22.4 Å².